The largest absolute Gasteiger partial charge is 0.339 e. The molecule has 0 unspecified atom stereocenters. The minimum atomic E-state index is -0.343. The molecule has 158 valence electrons. The minimum absolute atomic E-state index is 0.128. The summed E-state index contributed by atoms with van der Waals surface area (Å²) >= 11 is 0. The molecule has 4 aromatic rings. The first kappa shape index (κ1) is 20.3. The average molecular weight is 421 g/mol. The predicted molar refractivity (Wildman–Crippen MR) is 110 cm³/mol. The van der Waals surface area contributed by atoms with Gasteiger partial charge in [-0.3, -0.25) is 4.79 Å². The summed E-state index contributed by atoms with van der Waals surface area (Å²) in [6.07, 6.45) is 0.385. The van der Waals surface area contributed by atoms with Crippen LogP contribution in [0.15, 0.2) is 40.9 Å². The molecule has 0 saturated carbocycles. The van der Waals surface area contributed by atoms with Crippen molar-refractivity contribution in [3.05, 3.63) is 65.2 Å². The maximum atomic E-state index is 13.1. The first-order valence-electron chi connectivity index (χ1n) is 9.65. The zero-order valence-corrected chi connectivity index (χ0v) is 17.3. The molecular formula is C21H20FN7O2. The van der Waals surface area contributed by atoms with Gasteiger partial charge < -0.3 is 9.84 Å². The van der Waals surface area contributed by atoms with Gasteiger partial charge in [0, 0.05) is 35.9 Å². The van der Waals surface area contributed by atoms with E-state index >= 15 is 0 Å². The molecule has 10 heteroatoms. The maximum Gasteiger partial charge on any atom is 0.252 e. The van der Waals surface area contributed by atoms with E-state index in [1.54, 1.807) is 18.2 Å². The highest BCUT2D eigenvalue weighted by atomic mass is 19.1. The van der Waals surface area contributed by atoms with Crippen LogP contribution in [0.2, 0.25) is 0 Å². The van der Waals surface area contributed by atoms with Crippen molar-refractivity contribution in [2.45, 2.75) is 33.6 Å². The molecule has 31 heavy (non-hydrogen) atoms. The summed E-state index contributed by atoms with van der Waals surface area (Å²) in [4.78, 5) is 25.6. The summed E-state index contributed by atoms with van der Waals surface area (Å²) in [6.45, 7) is 5.57. The molecule has 1 N–H and O–H groups in total. The second-order valence-corrected chi connectivity index (χ2v) is 7.10. The van der Waals surface area contributed by atoms with E-state index in [9.17, 15) is 9.18 Å². The summed E-state index contributed by atoms with van der Waals surface area (Å²) in [7, 11) is 0. The highest BCUT2D eigenvalue weighted by Gasteiger charge is 2.15. The molecular weight excluding hydrogens is 401 g/mol. The number of nitrogens with one attached hydrogen (secondary N) is 1. The van der Waals surface area contributed by atoms with Crippen LogP contribution in [0.1, 0.15) is 29.4 Å². The summed E-state index contributed by atoms with van der Waals surface area (Å²) in [5.41, 5.74) is 2.97. The van der Waals surface area contributed by atoms with Crippen molar-refractivity contribution in [1.82, 2.24) is 29.9 Å². The normalized spacial score (nSPS) is 11.0. The van der Waals surface area contributed by atoms with Crippen LogP contribution in [0.25, 0.3) is 17.3 Å². The predicted octanol–water partition coefficient (Wildman–Crippen LogP) is 3.35. The standard InChI is InChI=1S/C21H20FN7O2/c1-12-10-13(2)24-21(23-12)29-17(11-14(3)27-29)25-18(30)8-9-19-26-20(28-31-19)15-4-6-16(22)7-5-15/h4-7,10-11H,8-9H2,1-3H3,(H,25,30). The summed E-state index contributed by atoms with van der Waals surface area (Å²) < 4.78 is 19.8. The zero-order chi connectivity index (χ0) is 22.0. The van der Waals surface area contributed by atoms with Crippen molar-refractivity contribution in [2.75, 3.05) is 5.32 Å². The van der Waals surface area contributed by atoms with Crippen LogP contribution < -0.4 is 5.32 Å². The van der Waals surface area contributed by atoms with Gasteiger partial charge in [0.2, 0.25) is 17.6 Å². The quantitative estimate of drug-likeness (QED) is 0.508. The number of hydrogen-bond acceptors (Lipinski definition) is 7. The monoisotopic (exact) mass is 421 g/mol. The van der Waals surface area contributed by atoms with Crippen molar-refractivity contribution in [3.8, 4) is 17.3 Å². The molecule has 3 heterocycles. The van der Waals surface area contributed by atoms with Crippen molar-refractivity contribution in [1.29, 1.82) is 0 Å². The second kappa shape index (κ2) is 8.42. The van der Waals surface area contributed by atoms with Gasteiger partial charge in [-0.1, -0.05) is 5.16 Å². The molecule has 0 saturated heterocycles. The number of carbonyl (C=O) groups is 1. The third-order valence-electron chi connectivity index (χ3n) is 4.40. The molecule has 0 fully saturated rings. The number of amides is 1. The average Bonchev–Trinajstić information content (AvgIpc) is 3.33. The van der Waals surface area contributed by atoms with E-state index in [0.29, 0.717) is 29.0 Å². The van der Waals surface area contributed by atoms with Crippen LogP contribution >= 0.6 is 0 Å². The molecule has 1 amide bonds. The van der Waals surface area contributed by atoms with E-state index in [0.717, 1.165) is 17.1 Å². The number of hydrogen-bond donors (Lipinski definition) is 1. The number of anilines is 1. The lowest BCUT2D eigenvalue weighted by atomic mass is 10.2. The fraction of sp³-hybridized carbons (Fsp3) is 0.238. The molecule has 0 atom stereocenters. The zero-order valence-electron chi connectivity index (χ0n) is 17.3. The lowest BCUT2D eigenvalue weighted by Crippen LogP contribution is -2.17. The highest BCUT2D eigenvalue weighted by Crippen LogP contribution is 2.18. The van der Waals surface area contributed by atoms with Gasteiger partial charge in [-0.05, 0) is 51.1 Å². The van der Waals surface area contributed by atoms with Gasteiger partial charge in [0.05, 0.1) is 5.69 Å². The van der Waals surface area contributed by atoms with E-state index in [1.807, 2.05) is 26.8 Å². The molecule has 0 aliphatic heterocycles. The van der Waals surface area contributed by atoms with E-state index < -0.39 is 0 Å². The van der Waals surface area contributed by atoms with Gasteiger partial charge in [-0.15, -0.1) is 0 Å². The Morgan fingerprint density at radius 1 is 1.03 bits per heavy atom. The lowest BCUT2D eigenvalue weighted by molar-refractivity contribution is -0.116. The molecule has 0 spiro atoms. The topological polar surface area (TPSA) is 112 Å². The summed E-state index contributed by atoms with van der Waals surface area (Å²) in [5, 5.41) is 11.1. The Labute approximate surface area is 177 Å². The smallest absolute Gasteiger partial charge is 0.252 e. The maximum absolute atomic E-state index is 13.1. The first-order valence-corrected chi connectivity index (χ1v) is 9.65. The van der Waals surface area contributed by atoms with Crippen LogP contribution in [-0.4, -0.2) is 35.8 Å². The van der Waals surface area contributed by atoms with E-state index in [1.165, 1.54) is 16.8 Å². The van der Waals surface area contributed by atoms with Gasteiger partial charge in [-0.2, -0.15) is 14.8 Å². The van der Waals surface area contributed by atoms with E-state index in [2.05, 4.69) is 30.5 Å². The van der Waals surface area contributed by atoms with Gasteiger partial charge >= 0.3 is 0 Å². The minimum Gasteiger partial charge on any atom is -0.339 e. The molecule has 4 rings (SSSR count). The van der Waals surface area contributed by atoms with Crippen LogP contribution in [0.3, 0.4) is 0 Å². The van der Waals surface area contributed by atoms with E-state index in [4.69, 9.17) is 4.52 Å². The molecule has 1 aromatic carbocycles. The number of halogens is 1. The Hall–Kier alpha value is -3.95. The third-order valence-corrected chi connectivity index (χ3v) is 4.40. The number of nitrogens with zero attached hydrogens (tertiary/aromatic N) is 6. The third kappa shape index (κ3) is 4.80. The summed E-state index contributed by atoms with van der Waals surface area (Å²) in [6, 6.07) is 9.39. The molecule has 0 aliphatic rings. The molecule has 0 radical (unpaired) electrons. The number of carbonyl (C=O) groups excluding carboxylic acids is 1. The van der Waals surface area contributed by atoms with E-state index in [-0.39, 0.29) is 24.6 Å². The number of rotatable bonds is 6. The van der Waals surface area contributed by atoms with Gasteiger partial charge in [-0.25, -0.2) is 14.4 Å². The Bertz CT molecular complexity index is 1210. The van der Waals surface area contributed by atoms with Crippen molar-refractivity contribution < 1.29 is 13.7 Å². The SMILES string of the molecule is Cc1cc(C)nc(-n2nc(C)cc2NC(=O)CCc2nc(-c3ccc(F)cc3)no2)n1. The fourth-order valence-corrected chi connectivity index (χ4v) is 3.04. The highest BCUT2D eigenvalue weighted by molar-refractivity contribution is 5.90. The lowest BCUT2D eigenvalue weighted by Gasteiger charge is -2.08. The number of benzene rings is 1. The Balaban J connectivity index is 1.43. The summed E-state index contributed by atoms with van der Waals surface area (Å²) in [5.74, 6) is 0.941. The molecule has 0 aliphatic carbocycles. The van der Waals surface area contributed by atoms with Gasteiger partial charge in [0.1, 0.15) is 11.6 Å². The molecule has 9 nitrogen and oxygen atoms in total. The van der Waals surface area contributed by atoms with Crippen LogP contribution in [-0.2, 0) is 11.2 Å². The fourth-order valence-electron chi connectivity index (χ4n) is 3.04. The Morgan fingerprint density at radius 3 is 2.45 bits per heavy atom. The van der Waals surface area contributed by atoms with Gasteiger partial charge in [0.15, 0.2) is 0 Å². The molecule has 0 bridgehead atoms. The van der Waals surface area contributed by atoms with Crippen LogP contribution in [0.5, 0.6) is 0 Å². The Morgan fingerprint density at radius 2 is 1.74 bits per heavy atom. The van der Waals surface area contributed by atoms with Crippen LogP contribution in [0.4, 0.5) is 10.2 Å². The van der Waals surface area contributed by atoms with Gasteiger partial charge in [0.25, 0.3) is 5.95 Å². The number of aryl methyl sites for hydroxylation is 4. The van der Waals surface area contributed by atoms with Crippen LogP contribution in [0, 0.1) is 26.6 Å². The molecule has 3 aromatic heterocycles. The number of aromatic nitrogens is 6. The first-order chi connectivity index (χ1) is 14.9. The van der Waals surface area contributed by atoms with Crippen molar-refractivity contribution in [2.24, 2.45) is 0 Å². The Kier molecular flexibility index (Phi) is 5.52. The second-order valence-electron chi connectivity index (χ2n) is 7.10. The van der Waals surface area contributed by atoms with Crippen molar-refractivity contribution in [3.63, 3.8) is 0 Å². The van der Waals surface area contributed by atoms with Crippen molar-refractivity contribution >= 4 is 11.7 Å².